The van der Waals surface area contributed by atoms with Gasteiger partial charge in [-0.1, -0.05) is 230 Å². The predicted molar refractivity (Wildman–Crippen MR) is 260 cm³/mol. The topological polar surface area (TPSA) is 110 Å². The largest absolute Gasteiger partial charge is 0.394 e. The second-order valence-electron chi connectivity index (χ2n) is 18.2. The van der Waals surface area contributed by atoms with E-state index in [2.05, 4.69) is 55.6 Å². The molecule has 0 aromatic carbocycles. The Hall–Kier alpha value is -1.47. The van der Waals surface area contributed by atoms with Crippen molar-refractivity contribution < 1.29 is 25.2 Å². The number of allylic oxidation sites excluding steroid dienone is 6. The Labute approximate surface area is 373 Å². The molecule has 6 heteroatoms. The van der Waals surface area contributed by atoms with Crippen molar-refractivity contribution in [3.8, 4) is 0 Å². The number of hydrogen-bond donors (Lipinski definition) is 5. The van der Waals surface area contributed by atoms with Crippen molar-refractivity contribution in [1.29, 1.82) is 0 Å². The van der Waals surface area contributed by atoms with Gasteiger partial charge in [0.05, 0.1) is 18.8 Å². The van der Waals surface area contributed by atoms with E-state index in [0.717, 1.165) is 38.5 Å². The van der Waals surface area contributed by atoms with Gasteiger partial charge in [-0.2, -0.15) is 0 Å². The van der Waals surface area contributed by atoms with Crippen LogP contribution < -0.4 is 5.32 Å². The Balaban J connectivity index is 3.66. The highest BCUT2D eigenvalue weighted by molar-refractivity contribution is 5.80. The number of carbonyl (C=O) groups is 1. The van der Waals surface area contributed by atoms with E-state index in [1.165, 1.54) is 199 Å². The zero-order chi connectivity index (χ0) is 43.8. The normalized spacial score (nSPS) is 14.2. The molecule has 0 aliphatic carbocycles. The molecule has 4 unspecified atom stereocenters. The molecule has 0 spiro atoms. The number of hydrogen-bond acceptors (Lipinski definition) is 5. The van der Waals surface area contributed by atoms with Crippen molar-refractivity contribution in [3.05, 3.63) is 36.5 Å². The molecule has 5 N–H and O–H groups in total. The number of aliphatic hydroxyl groups excluding tert-OH is 4. The van der Waals surface area contributed by atoms with E-state index in [1.807, 2.05) is 0 Å². The fourth-order valence-corrected chi connectivity index (χ4v) is 8.12. The first-order chi connectivity index (χ1) is 29.5. The Bertz CT molecular complexity index is 950. The Morgan fingerprint density at radius 3 is 1.05 bits per heavy atom. The highest BCUT2D eigenvalue weighted by atomic mass is 16.3. The van der Waals surface area contributed by atoms with Gasteiger partial charge in [0.2, 0.25) is 5.91 Å². The third-order valence-corrected chi connectivity index (χ3v) is 12.3. The summed E-state index contributed by atoms with van der Waals surface area (Å²) in [5, 5.41) is 43.8. The van der Waals surface area contributed by atoms with Gasteiger partial charge < -0.3 is 25.7 Å². The van der Waals surface area contributed by atoms with Crippen LogP contribution in [0.2, 0.25) is 0 Å². The molecule has 4 atom stereocenters. The Morgan fingerprint density at radius 2 is 0.700 bits per heavy atom. The SMILES string of the molecule is CCCCCCCCC/C=C/CC/C=C/CCCC(O)C(O)C(CO)NC(=O)C(O)CCCCCCCCCCCCCC/C=C\CCCCCCCCCCCCCC. The van der Waals surface area contributed by atoms with Gasteiger partial charge in [-0.05, 0) is 77.0 Å². The lowest BCUT2D eigenvalue weighted by atomic mass is 10.00. The van der Waals surface area contributed by atoms with Crippen LogP contribution in [0.25, 0.3) is 0 Å². The molecule has 0 rings (SSSR count). The Kier molecular flexibility index (Phi) is 47.4. The quantitative estimate of drug-likeness (QED) is 0.0309. The number of carbonyl (C=O) groups excluding carboxylic acids is 1. The number of unbranched alkanes of at least 4 members (excludes halogenated alkanes) is 33. The highest BCUT2D eigenvalue weighted by Crippen LogP contribution is 2.16. The zero-order valence-corrected chi connectivity index (χ0v) is 40.0. The maximum Gasteiger partial charge on any atom is 0.249 e. The number of amides is 1. The van der Waals surface area contributed by atoms with E-state index in [4.69, 9.17) is 0 Å². The van der Waals surface area contributed by atoms with Crippen LogP contribution in [0.5, 0.6) is 0 Å². The van der Waals surface area contributed by atoms with Crippen molar-refractivity contribution in [2.45, 2.75) is 295 Å². The van der Waals surface area contributed by atoms with Crippen molar-refractivity contribution >= 4 is 5.91 Å². The molecule has 60 heavy (non-hydrogen) atoms. The van der Waals surface area contributed by atoms with Crippen LogP contribution in [0.4, 0.5) is 0 Å². The monoisotopic (exact) mass is 846 g/mol. The zero-order valence-electron chi connectivity index (χ0n) is 40.0. The van der Waals surface area contributed by atoms with E-state index in [-0.39, 0.29) is 0 Å². The second-order valence-corrected chi connectivity index (χ2v) is 18.2. The molecule has 0 aliphatic rings. The van der Waals surface area contributed by atoms with Crippen LogP contribution in [0.15, 0.2) is 36.5 Å². The van der Waals surface area contributed by atoms with Crippen LogP contribution in [-0.2, 0) is 4.79 Å². The highest BCUT2D eigenvalue weighted by Gasteiger charge is 2.28. The summed E-state index contributed by atoms with van der Waals surface area (Å²) in [5.74, 6) is -0.596. The fourth-order valence-electron chi connectivity index (χ4n) is 8.12. The predicted octanol–water partition coefficient (Wildman–Crippen LogP) is 14.9. The first-order valence-corrected chi connectivity index (χ1v) is 26.4. The van der Waals surface area contributed by atoms with Crippen LogP contribution in [0, 0.1) is 0 Å². The van der Waals surface area contributed by atoms with Crippen molar-refractivity contribution in [2.24, 2.45) is 0 Å². The van der Waals surface area contributed by atoms with Crippen molar-refractivity contribution in [3.63, 3.8) is 0 Å². The summed E-state index contributed by atoms with van der Waals surface area (Å²) in [6.45, 7) is 4.05. The molecule has 0 saturated heterocycles. The maximum atomic E-state index is 12.6. The summed E-state index contributed by atoms with van der Waals surface area (Å²) in [7, 11) is 0. The third-order valence-electron chi connectivity index (χ3n) is 12.3. The van der Waals surface area contributed by atoms with Gasteiger partial charge in [-0.3, -0.25) is 4.79 Å². The summed E-state index contributed by atoms with van der Waals surface area (Å²) < 4.78 is 0. The standard InChI is InChI=1S/C54H103NO5/c1-3-5-7-9-11-13-15-17-19-21-22-23-24-25-26-27-28-29-30-31-32-34-36-38-40-42-44-46-48-52(58)54(60)55-50(49-56)53(59)51(57)47-45-43-41-39-37-35-33-20-18-16-14-12-10-8-6-4-2/h20,25-26,33,39,41,50-53,56-59H,3-19,21-24,27-32,34-38,40,42-49H2,1-2H3,(H,55,60)/b26-25-,33-20+,41-39+. The van der Waals surface area contributed by atoms with E-state index in [0.29, 0.717) is 19.3 Å². The van der Waals surface area contributed by atoms with E-state index in [9.17, 15) is 25.2 Å². The van der Waals surface area contributed by atoms with Gasteiger partial charge in [0.25, 0.3) is 0 Å². The van der Waals surface area contributed by atoms with Crippen molar-refractivity contribution in [2.75, 3.05) is 6.61 Å². The molecule has 0 aromatic rings. The lowest BCUT2D eigenvalue weighted by Gasteiger charge is -2.27. The van der Waals surface area contributed by atoms with Gasteiger partial charge in [0.15, 0.2) is 0 Å². The summed E-state index contributed by atoms with van der Waals surface area (Å²) in [5.41, 5.74) is 0. The average molecular weight is 846 g/mol. The molecule has 0 fully saturated rings. The molecular weight excluding hydrogens is 743 g/mol. The smallest absolute Gasteiger partial charge is 0.249 e. The molecule has 6 nitrogen and oxygen atoms in total. The molecule has 0 aliphatic heterocycles. The third kappa shape index (κ3) is 41.9. The minimum absolute atomic E-state index is 0.360. The summed E-state index contributed by atoms with van der Waals surface area (Å²) in [6, 6.07) is -1.01. The van der Waals surface area contributed by atoms with Gasteiger partial charge >= 0.3 is 0 Å². The Morgan fingerprint density at radius 1 is 0.400 bits per heavy atom. The molecule has 0 radical (unpaired) electrons. The van der Waals surface area contributed by atoms with Crippen LogP contribution in [0.3, 0.4) is 0 Å². The van der Waals surface area contributed by atoms with Crippen molar-refractivity contribution in [1.82, 2.24) is 5.32 Å². The number of rotatable bonds is 48. The molecule has 0 bridgehead atoms. The van der Waals surface area contributed by atoms with Crippen LogP contribution >= 0.6 is 0 Å². The summed E-state index contributed by atoms with van der Waals surface area (Å²) in [4.78, 5) is 12.6. The minimum Gasteiger partial charge on any atom is -0.394 e. The van der Waals surface area contributed by atoms with Crippen LogP contribution in [-0.4, -0.2) is 57.3 Å². The molecule has 1 amide bonds. The van der Waals surface area contributed by atoms with Gasteiger partial charge in [-0.25, -0.2) is 0 Å². The molecule has 0 saturated carbocycles. The summed E-state index contributed by atoms with van der Waals surface area (Å²) in [6.07, 6.45) is 59.2. The van der Waals surface area contributed by atoms with Crippen LogP contribution in [0.1, 0.15) is 271 Å². The molecule has 354 valence electrons. The minimum atomic E-state index is -1.29. The van der Waals surface area contributed by atoms with Gasteiger partial charge in [0, 0.05) is 0 Å². The maximum absolute atomic E-state index is 12.6. The lowest BCUT2D eigenvalue weighted by Crippen LogP contribution is -2.53. The first kappa shape index (κ1) is 58.5. The fraction of sp³-hybridized carbons (Fsp3) is 0.870. The molecule has 0 heterocycles. The van der Waals surface area contributed by atoms with E-state index >= 15 is 0 Å². The summed E-state index contributed by atoms with van der Waals surface area (Å²) >= 11 is 0. The van der Waals surface area contributed by atoms with E-state index in [1.54, 1.807) is 0 Å². The molecular formula is C54H103NO5. The van der Waals surface area contributed by atoms with Gasteiger partial charge in [0.1, 0.15) is 12.2 Å². The lowest BCUT2D eigenvalue weighted by molar-refractivity contribution is -0.132. The molecule has 0 aromatic heterocycles. The second kappa shape index (κ2) is 48.6. The average Bonchev–Trinajstić information content (AvgIpc) is 3.25. The van der Waals surface area contributed by atoms with Gasteiger partial charge in [-0.15, -0.1) is 0 Å². The number of aliphatic hydroxyl groups is 4. The number of nitrogens with one attached hydrogen (secondary N) is 1. The first-order valence-electron chi connectivity index (χ1n) is 26.4. The van der Waals surface area contributed by atoms with E-state index < -0.39 is 36.9 Å².